The van der Waals surface area contributed by atoms with Gasteiger partial charge in [-0.25, -0.2) is 0 Å². The summed E-state index contributed by atoms with van der Waals surface area (Å²) in [7, 11) is 0. The number of anilines is 1. The predicted octanol–water partition coefficient (Wildman–Crippen LogP) is 4.51. The third kappa shape index (κ3) is 6.22. The number of hydrogen-bond donors (Lipinski definition) is 3. The Morgan fingerprint density at radius 3 is 2.76 bits per heavy atom. The van der Waals surface area contributed by atoms with E-state index in [4.69, 9.17) is 4.74 Å². The second kappa shape index (κ2) is 9.39. The zero-order valence-electron chi connectivity index (χ0n) is 19.3. The van der Waals surface area contributed by atoms with E-state index in [2.05, 4.69) is 17.0 Å². The van der Waals surface area contributed by atoms with Crippen LogP contribution in [0.4, 0.5) is 10.5 Å². The zero-order chi connectivity index (χ0) is 23.6. The maximum Gasteiger partial charge on any atom is 0.535 e. The molecule has 1 heterocycles. The summed E-state index contributed by atoms with van der Waals surface area (Å²) < 4.78 is 8.49. The molecule has 0 unspecified atom stereocenters. The summed E-state index contributed by atoms with van der Waals surface area (Å²) in [5.74, 6) is 1.24. The largest absolute Gasteiger partial charge is 0.535 e. The van der Waals surface area contributed by atoms with Crippen molar-refractivity contribution in [1.29, 1.82) is 0 Å². The van der Waals surface area contributed by atoms with E-state index in [0.29, 0.717) is 47.4 Å². The number of aryl methyl sites for hydroxylation is 1. The first-order valence-corrected chi connectivity index (χ1v) is 11.6. The Kier molecular flexibility index (Phi) is 6.56. The fraction of sp³-hybridized carbons (Fsp3) is 0.480. The fourth-order valence-corrected chi connectivity index (χ4v) is 3.53. The van der Waals surface area contributed by atoms with E-state index in [0.717, 1.165) is 36.6 Å². The van der Waals surface area contributed by atoms with Crippen molar-refractivity contribution >= 4 is 28.3 Å². The van der Waals surface area contributed by atoms with Crippen molar-refractivity contribution < 1.29 is 24.6 Å². The number of aliphatic hydroxyl groups is 1. The number of aromatic nitrogens is 2. The third-order valence-corrected chi connectivity index (χ3v) is 5.85. The lowest BCUT2D eigenvalue weighted by Crippen LogP contribution is -2.29. The van der Waals surface area contributed by atoms with Gasteiger partial charge in [0.05, 0.1) is 17.7 Å². The van der Waals surface area contributed by atoms with Crippen molar-refractivity contribution in [2.75, 3.05) is 11.9 Å². The number of benzene rings is 1. The molecular weight excluding hydrogens is 420 g/mol. The van der Waals surface area contributed by atoms with Crippen LogP contribution in [0.25, 0.3) is 10.9 Å². The van der Waals surface area contributed by atoms with Gasteiger partial charge in [-0.1, -0.05) is 18.7 Å². The molecule has 8 heteroatoms. The molecule has 8 nitrogen and oxygen atoms in total. The number of carbonyl (C=O) groups excluding carboxylic acids is 1. The molecule has 2 saturated carbocycles. The summed E-state index contributed by atoms with van der Waals surface area (Å²) in [5.41, 5.74) is 0.996. The molecule has 0 aliphatic heterocycles. The first kappa shape index (κ1) is 23.0. The average Bonchev–Trinajstić information content (AvgIpc) is 3.68. The van der Waals surface area contributed by atoms with Gasteiger partial charge in [-0.05, 0) is 68.8 Å². The van der Waals surface area contributed by atoms with E-state index in [9.17, 15) is 15.1 Å². The molecule has 1 aromatic heterocycles. The minimum absolute atomic E-state index is 0.166. The first-order chi connectivity index (χ1) is 15.7. The van der Waals surface area contributed by atoms with Gasteiger partial charge < -0.3 is 15.1 Å². The molecule has 0 spiro atoms. The summed E-state index contributed by atoms with van der Waals surface area (Å²) in [4.78, 5) is 12.9. The quantitative estimate of drug-likeness (QED) is 0.123. The van der Waals surface area contributed by atoms with Crippen LogP contribution in [0.15, 0.2) is 43.1 Å². The number of hydrogen-bond acceptors (Lipinski definition) is 5. The molecule has 0 radical (unpaired) electrons. The van der Waals surface area contributed by atoms with Crippen LogP contribution in [0, 0.1) is 11.8 Å². The van der Waals surface area contributed by atoms with Crippen molar-refractivity contribution in [2.45, 2.75) is 58.1 Å². The van der Waals surface area contributed by atoms with E-state index in [-0.39, 0.29) is 5.92 Å². The number of ether oxygens (including phenoxy) is 1. The number of rotatable bonds is 10. The van der Waals surface area contributed by atoms with Gasteiger partial charge >= 0.3 is 6.03 Å². The van der Waals surface area contributed by atoms with Crippen molar-refractivity contribution in [2.24, 2.45) is 11.8 Å². The lowest BCUT2D eigenvalue weighted by atomic mass is 10.1. The Balaban J connectivity index is 1.60. The maximum absolute atomic E-state index is 12.9. The number of amides is 2. The lowest BCUT2D eigenvalue weighted by molar-refractivity contribution is -0.697. The fourth-order valence-electron chi connectivity index (χ4n) is 3.53. The van der Waals surface area contributed by atoms with E-state index in [1.165, 1.54) is 0 Å². The Morgan fingerprint density at radius 1 is 1.36 bits per heavy atom. The highest BCUT2D eigenvalue weighted by atomic mass is 16.5. The first-order valence-electron chi connectivity index (χ1n) is 11.6. The second-order valence-electron chi connectivity index (χ2n) is 9.65. The molecule has 33 heavy (non-hydrogen) atoms. The highest BCUT2D eigenvalue weighted by molar-refractivity contribution is 6.00. The Labute approximate surface area is 193 Å². The van der Waals surface area contributed by atoms with Crippen LogP contribution in [0.1, 0.15) is 46.0 Å². The molecule has 2 amide bonds. The van der Waals surface area contributed by atoms with Crippen LogP contribution < -0.4 is 10.1 Å². The van der Waals surface area contributed by atoms with Crippen molar-refractivity contribution in [3.63, 3.8) is 0 Å². The summed E-state index contributed by atoms with van der Waals surface area (Å²) in [6.07, 6.45) is 11.7. The molecule has 3 N–H and O–H groups in total. The molecule has 176 valence electrons. The van der Waals surface area contributed by atoms with Gasteiger partial charge in [0, 0.05) is 30.1 Å². The van der Waals surface area contributed by atoms with E-state index in [1.54, 1.807) is 36.8 Å². The smallest absolute Gasteiger partial charge is 0.489 e. The number of fused-ring (bicyclic) bond motifs is 1. The number of allylic oxidation sites excluding steroid dienone is 3. The summed E-state index contributed by atoms with van der Waals surface area (Å²) >= 11 is 0. The van der Waals surface area contributed by atoms with E-state index in [1.807, 2.05) is 18.3 Å². The highest BCUT2D eigenvalue weighted by Gasteiger charge is 2.34. The Bertz CT molecular complexity index is 1100. The van der Waals surface area contributed by atoms with Crippen molar-refractivity contribution in [3.05, 3.63) is 43.1 Å². The van der Waals surface area contributed by atoms with E-state index < -0.39 is 11.6 Å². The van der Waals surface area contributed by atoms with Gasteiger partial charge in [-0.15, -0.1) is 0 Å². The molecule has 2 aliphatic rings. The standard InChI is InChI=1S/C25H32N4O4/c1-4-5-6-22(18-9-10-18)29(32)24(30)26-21-13-19-15-28(12-11-25(2,3)31)27-20(19)14-23(21)33-16-17-7-8-17/h4-6,13-15,17-18,31H,1,7-12,16H2,2-3H3,(H-,26,30,32)/p+1/b6-5-,29-22-. The molecule has 2 aliphatic carbocycles. The lowest BCUT2D eigenvalue weighted by Gasteiger charge is -2.16. The van der Waals surface area contributed by atoms with Crippen LogP contribution >= 0.6 is 0 Å². The molecule has 1 aromatic carbocycles. The van der Waals surface area contributed by atoms with Crippen molar-refractivity contribution in [3.8, 4) is 5.75 Å². The van der Waals surface area contributed by atoms with Crippen LogP contribution in [0.3, 0.4) is 0 Å². The monoisotopic (exact) mass is 453 g/mol. The number of nitrogens with one attached hydrogen (secondary N) is 1. The highest BCUT2D eigenvalue weighted by Crippen LogP contribution is 2.35. The predicted molar refractivity (Wildman–Crippen MR) is 127 cm³/mol. The normalized spacial score (nSPS) is 17.3. The number of carbonyl (C=O) groups is 1. The minimum Gasteiger partial charge on any atom is -0.489 e. The van der Waals surface area contributed by atoms with Crippen LogP contribution in [0.5, 0.6) is 5.75 Å². The van der Waals surface area contributed by atoms with Gasteiger partial charge in [0.2, 0.25) is 0 Å². The summed E-state index contributed by atoms with van der Waals surface area (Å²) in [6.45, 7) is 8.34. The van der Waals surface area contributed by atoms with Gasteiger partial charge in [-0.2, -0.15) is 15.2 Å². The molecule has 2 fully saturated rings. The van der Waals surface area contributed by atoms with Crippen molar-refractivity contribution in [1.82, 2.24) is 9.78 Å². The number of nitrogens with zero attached hydrogens (tertiary/aromatic N) is 3. The topological polar surface area (TPSA) is 99.6 Å². The van der Waals surface area contributed by atoms with Gasteiger partial charge in [0.1, 0.15) is 0 Å². The summed E-state index contributed by atoms with van der Waals surface area (Å²) in [6, 6.07) is 2.99. The maximum atomic E-state index is 12.9. The van der Waals surface area contributed by atoms with E-state index >= 15 is 0 Å². The van der Waals surface area contributed by atoms with Crippen LogP contribution in [-0.4, -0.2) is 48.8 Å². The molecule has 4 rings (SSSR count). The molecule has 0 atom stereocenters. The molecule has 0 saturated heterocycles. The van der Waals surface area contributed by atoms with Gasteiger partial charge in [-0.3, -0.25) is 4.68 Å². The third-order valence-electron chi connectivity index (χ3n) is 5.85. The van der Waals surface area contributed by atoms with Gasteiger partial charge in [0.25, 0.3) is 0 Å². The SMILES string of the molecule is C=C/C=C\C(C1CC1)=[N+](\O)C(=O)Nc1cc2cn(CCC(C)(C)O)nc2cc1OCC1CC1. The Hall–Kier alpha value is -3.13. The zero-order valence-corrected chi connectivity index (χ0v) is 19.3. The molecular formula is C25H33N4O4+. The summed E-state index contributed by atoms with van der Waals surface area (Å²) in [5, 5.41) is 28.8. The Morgan fingerprint density at radius 2 is 2.12 bits per heavy atom. The number of urea groups is 1. The van der Waals surface area contributed by atoms with Crippen LogP contribution in [0.2, 0.25) is 0 Å². The second-order valence-corrected chi connectivity index (χ2v) is 9.65. The van der Waals surface area contributed by atoms with Gasteiger partial charge in [0.15, 0.2) is 17.1 Å². The van der Waals surface area contributed by atoms with Crippen LogP contribution in [-0.2, 0) is 6.54 Å². The minimum atomic E-state index is -0.782. The molecule has 2 aromatic rings. The average molecular weight is 454 g/mol. The number of hydroxylamine groups is 1. The molecule has 0 bridgehead atoms.